The summed E-state index contributed by atoms with van der Waals surface area (Å²) in [4.78, 5) is 16.6. The fourth-order valence-electron chi connectivity index (χ4n) is 2.06. The Morgan fingerprint density at radius 3 is 2.45 bits per heavy atom. The van der Waals surface area contributed by atoms with Crippen molar-refractivity contribution in [2.24, 2.45) is 4.99 Å². The van der Waals surface area contributed by atoms with E-state index >= 15 is 0 Å². The van der Waals surface area contributed by atoms with E-state index in [1.165, 1.54) is 5.01 Å². The minimum atomic E-state index is -0.171. The second-order valence-corrected chi connectivity index (χ2v) is 5.77. The fraction of sp³-hybridized carbons (Fsp3) is 0.0667. The molecule has 0 aliphatic carbocycles. The summed E-state index contributed by atoms with van der Waals surface area (Å²) in [6.07, 6.45) is 0.158. The number of hydrazine groups is 1. The van der Waals surface area contributed by atoms with Gasteiger partial charge in [-0.2, -0.15) is 0 Å². The molecule has 112 valence electrons. The Hall–Kier alpha value is -1.75. The number of carbonyl (C=O) groups is 1. The highest BCUT2D eigenvalue weighted by Crippen LogP contribution is 2.38. The number of benzene rings is 2. The first kappa shape index (κ1) is 15.2. The third-order valence-electron chi connectivity index (χ3n) is 3.08. The normalized spacial score (nSPS) is 16.2. The lowest BCUT2D eigenvalue weighted by Crippen LogP contribution is -2.36. The Kier molecular flexibility index (Phi) is 4.25. The van der Waals surface area contributed by atoms with Crippen molar-refractivity contribution in [3.8, 4) is 0 Å². The first-order valence-corrected chi connectivity index (χ1v) is 7.55. The minimum Gasteiger partial charge on any atom is -0.278 e. The van der Waals surface area contributed by atoms with E-state index in [-0.39, 0.29) is 22.4 Å². The highest BCUT2D eigenvalue weighted by molar-refractivity contribution is 6.49. The number of carbonyl (C=O) groups excluding carboxylic acids is 1. The molecule has 1 aliphatic rings. The number of para-hydroxylation sites is 1. The summed E-state index contributed by atoms with van der Waals surface area (Å²) in [6.45, 7) is 0. The van der Waals surface area contributed by atoms with Crippen molar-refractivity contribution >= 4 is 57.9 Å². The molecule has 1 N–H and O–H groups in total. The molecule has 1 amide bonds. The zero-order valence-corrected chi connectivity index (χ0v) is 13.5. The summed E-state index contributed by atoms with van der Waals surface area (Å²) in [6, 6.07) is 12.6. The molecule has 3 rings (SSSR count). The lowest BCUT2D eigenvalue weighted by molar-refractivity contribution is -0.116. The molecule has 2 aromatic rings. The molecule has 1 heterocycles. The number of halogens is 3. The number of nitrogens with one attached hydrogen (secondary N) is 1. The molecule has 22 heavy (non-hydrogen) atoms. The Labute approximate surface area is 142 Å². The van der Waals surface area contributed by atoms with E-state index in [1.54, 1.807) is 12.1 Å². The van der Waals surface area contributed by atoms with Crippen molar-refractivity contribution in [3.63, 3.8) is 0 Å². The van der Waals surface area contributed by atoms with Gasteiger partial charge >= 0.3 is 0 Å². The number of rotatable bonds is 2. The van der Waals surface area contributed by atoms with Crippen LogP contribution >= 0.6 is 34.8 Å². The Morgan fingerprint density at radius 2 is 1.73 bits per heavy atom. The molecule has 0 saturated carbocycles. The largest absolute Gasteiger partial charge is 0.278 e. The number of anilines is 1. The van der Waals surface area contributed by atoms with Crippen LogP contribution in [-0.2, 0) is 4.79 Å². The van der Waals surface area contributed by atoms with Gasteiger partial charge in [0.05, 0.1) is 32.9 Å². The topological polar surface area (TPSA) is 44.7 Å². The fourth-order valence-corrected chi connectivity index (χ4v) is 2.67. The summed E-state index contributed by atoms with van der Waals surface area (Å²) >= 11 is 18.1. The van der Waals surface area contributed by atoms with Crippen LogP contribution in [0.15, 0.2) is 47.5 Å². The SMILES string of the molecule is O=C1CC(=Nc2ccccc2)NN1c1ccc(Cl)c(Cl)c1Cl. The molecule has 2 aromatic carbocycles. The van der Waals surface area contributed by atoms with Gasteiger partial charge in [-0.1, -0.05) is 53.0 Å². The van der Waals surface area contributed by atoms with Gasteiger partial charge < -0.3 is 0 Å². The lowest BCUT2D eigenvalue weighted by Gasteiger charge is -2.18. The van der Waals surface area contributed by atoms with Crippen LogP contribution in [0.2, 0.25) is 15.1 Å². The molecular formula is C15H10Cl3N3O. The molecule has 1 saturated heterocycles. The van der Waals surface area contributed by atoms with Crippen LogP contribution in [0.4, 0.5) is 11.4 Å². The first-order valence-electron chi connectivity index (χ1n) is 6.42. The number of hydrogen-bond acceptors (Lipinski definition) is 2. The predicted octanol–water partition coefficient (Wildman–Crippen LogP) is 4.62. The molecule has 0 unspecified atom stereocenters. The molecule has 0 atom stereocenters. The Balaban J connectivity index is 1.90. The van der Waals surface area contributed by atoms with E-state index in [1.807, 2.05) is 30.3 Å². The molecule has 0 spiro atoms. The Morgan fingerprint density at radius 1 is 1.00 bits per heavy atom. The third-order valence-corrected chi connectivity index (χ3v) is 4.37. The average Bonchev–Trinajstić information content (AvgIpc) is 2.86. The van der Waals surface area contributed by atoms with Crippen molar-refractivity contribution in [1.82, 2.24) is 5.43 Å². The van der Waals surface area contributed by atoms with Crippen LogP contribution in [-0.4, -0.2) is 11.7 Å². The van der Waals surface area contributed by atoms with Gasteiger partial charge in [-0.05, 0) is 24.3 Å². The van der Waals surface area contributed by atoms with Crippen molar-refractivity contribution < 1.29 is 4.79 Å². The molecule has 4 nitrogen and oxygen atoms in total. The van der Waals surface area contributed by atoms with E-state index in [2.05, 4.69) is 10.4 Å². The van der Waals surface area contributed by atoms with E-state index < -0.39 is 0 Å². The number of amidine groups is 1. The zero-order valence-electron chi connectivity index (χ0n) is 11.2. The highest BCUT2D eigenvalue weighted by atomic mass is 35.5. The standard InChI is InChI=1S/C15H10Cl3N3O/c16-10-6-7-11(15(18)14(10)17)21-13(22)8-12(20-21)19-9-4-2-1-3-5-9/h1-7H,8H2,(H,19,20). The highest BCUT2D eigenvalue weighted by Gasteiger charge is 2.29. The van der Waals surface area contributed by atoms with Crippen molar-refractivity contribution in [1.29, 1.82) is 0 Å². The van der Waals surface area contributed by atoms with Gasteiger partial charge in [-0.3, -0.25) is 10.2 Å². The van der Waals surface area contributed by atoms with E-state index in [0.717, 1.165) is 5.69 Å². The van der Waals surface area contributed by atoms with E-state index in [9.17, 15) is 4.79 Å². The smallest absolute Gasteiger partial charge is 0.253 e. The monoisotopic (exact) mass is 353 g/mol. The van der Waals surface area contributed by atoms with Crippen LogP contribution in [0.3, 0.4) is 0 Å². The van der Waals surface area contributed by atoms with Crippen LogP contribution < -0.4 is 10.4 Å². The summed E-state index contributed by atoms with van der Waals surface area (Å²) in [5.74, 6) is 0.369. The first-order chi connectivity index (χ1) is 10.6. The summed E-state index contributed by atoms with van der Waals surface area (Å²) < 4.78 is 0. The van der Waals surface area contributed by atoms with E-state index in [0.29, 0.717) is 16.5 Å². The second kappa shape index (κ2) is 6.16. The van der Waals surface area contributed by atoms with Gasteiger partial charge in [0.1, 0.15) is 5.84 Å². The van der Waals surface area contributed by atoms with Crippen LogP contribution in [0, 0.1) is 0 Å². The van der Waals surface area contributed by atoms with Gasteiger partial charge in [-0.25, -0.2) is 10.0 Å². The molecule has 0 radical (unpaired) electrons. The van der Waals surface area contributed by atoms with Gasteiger partial charge in [-0.15, -0.1) is 0 Å². The molecule has 0 aromatic heterocycles. The summed E-state index contributed by atoms with van der Waals surface area (Å²) in [5.41, 5.74) is 4.15. The minimum absolute atomic E-state index is 0.158. The average molecular weight is 355 g/mol. The summed E-state index contributed by atoms with van der Waals surface area (Å²) in [7, 11) is 0. The molecule has 7 heteroatoms. The van der Waals surface area contributed by atoms with Crippen LogP contribution in [0.1, 0.15) is 6.42 Å². The maximum absolute atomic E-state index is 12.2. The van der Waals surface area contributed by atoms with Gasteiger partial charge in [0.25, 0.3) is 5.91 Å². The summed E-state index contributed by atoms with van der Waals surface area (Å²) in [5, 5.41) is 2.09. The Bertz CT molecular complexity index is 762. The molecular weight excluding hydrogens is 345 g/mol. The van der Waals surface area contributed by atoms with Crippen LogP contribution in [0.5, 0.6) is 0 Å². The molecule has 1 fully saturated rings. The van der Waals surface area contributed by atoms with Crippen molar-refractivity contribution in [2.75, 3.05) is 5.01 Å². The molecule has 1 aliphatic heterocycles. The number of aliphatic imine (C=N–C) groups is 1. The number of amides is 1. The van der Waals surface area contributed by atoms with E-state index in [4.69, 9.17) is 34.8 Å². The zero-order chi connectivity index (χ0) is 15.7. The predicted molar refractivity (Wildman–Crippen MR) is 90.2 cm³/mol. The van der Waals surface area contributed by atoms with Gasteiger partial charge in [0.2, 0.25) is 0 Å². The van der Waals surface area contributed by atoms with Gasteiger partial charge in [0.15, 0.2) is 0 Å². The quantitative estimate of drug-likeness (QED) is 0.800. The number of hydrogen-bond donors (Lipinski definition) is 1. The maximum atomic E-state index is 12.2. The number of nitrogens with zero attached hydrogens (tertiary/aromatic N) is 2. The lowest BCUT2D eigenvalue weighted by atomic mass is 10.3. The van der Waals surface area contributed by atoms with Gasteiger partial charge in [0, 0.05) is 0 Å². The third kappa shape index (κ3) is 2.90. The maximum Gasteiger partial charge on any atom is 0.253 e. The second-order valence-electron chi connectivity index (χ2n) is 4.61. The van der Waals surface area contributed by atoms with Crippen LogP contribution in [0.25, 0.3) is 0 Å². The molecule has 0 bridgehead atoms. The van der Waals surface area contributed by atoms with Crippen molar-refractivity contribution in [3.05, 3.63) is 57.5 Å². The van der Waals surface area contributed by atoms with Crippen molar-refractivity contribution in [2.45, 2.75) is 6.42 Å².